The van der Waals surface area contributed by atoms with Crippen LogP contribution in [0.25, 0.3) is 21.7 Å². The van der Waals surface area contributed by atoms with Crippen LogP contribution in [0.2, 0.25) is 0 Å². The van der Waals surface area contributed by atoms with Crippen LogP contribution in [0.5, 0.6) is 0 Å². The van der Waals surface area contributed by atoms with Crippen molar-refractivity contribution in [1.29, 1.82) is 0 Å². The summed E-state index contributed by atoms with van der Waals surface area (Å²) >= 11 is 1.75. The van der Waals surface area contributed by atoms with Crippen molar-refractivity contribution in [3.63, 3.8) is 0 Å². The smallest absolute Gasteiger partial charge is 0.125 e. The van der Waals surface area contributed by atoms with E-state index in [0.29, 0.717) is 11.8 Å². The third kappa shape index (κ3) is 4.43. The maximum atomic E-state index is 4.65. The minimum Gasteiger partial charge on any atom is -0.275 e. The lowest BCUT2D eigenvalue weighted by Crippen LogP contribution is -1.98. The fourth-order valence-corrected chi connectivity index (χ4v) is 4.32. The molecule has 0 N–H and O–H groups in total. The van der Waals surface area contributed by atoms with E-state index < -0.39 is 0 Å². The zero-order valence-corrected chi connectivity index (χ0v) is 18.0. The lowest BCUT2D eigenvalue weighted by molar-refractivity contribution is 0.763. The van der Waals surface area contributed by atoms with Gasteiger partial charge < -0.3 is 0 Å². The molecule has 0 bridgehead atoms. The van der Waals surface area contributed by atoms with Crippen molar-refractivity contribution >= 4 is 11.3 Å². The average molecular weight is 404 g/mol. The number of nitrogens with zero attached hydrogens (tertiary/aromatic N) is 5. The second kappa shape index (κ2) is 8.25. The molecule has 0 aliphatic rings. The standard InChI is InChI=1S/C23H25N5S/c1-15(2)17-6-20(11-24-8-17)23-26-13-22(29-23)5-16(3)18-7-19(10-25-9-18)21-12-27-28(4)14-21/h6-16H,5H2,1-4H3/t16-/m1/s1. The molecule has 0 aliphatic heterocycles. The molecule has 4 rings (SSSR count). The van der Waals surface area contributed by atoms with Crippen molar-refractivity contribution in [2.75, 3.05) is 0 Å². The number of thiazole rings is 1. The Morgan fingerprint density at radius 2 is 1.59 bits per heavy atom. The third-order valence-electron chi connectivity index (χ3n) is 5.10. The van der Waals surface area contributed by atoms with Gasteiger partial charge in [-0.3, -0.25) is 14.6 Å². The Kier molecular flexibility index (Phi) is 5.53. The molecule has 4 aromatic heterocycles. The van der Waals surface area contributed by atoms with Gasteiger partial charge in [0.1, 0.15) is 5.01 Å². The zero-order valence-electron chi connectivity index (χ0n) is 17.2. The molecule has 4 aromatic rings. The van der Waals surface area contributed by atoms with Crippen molar-refractivity contribution < 1.29 is 0 Å². The van der Waals surface area contributed by atoms with Crippen LogP contribution in [0, 0.1) is 0 Å². The van der Waals surface area contributed by atoms with E-state index in [1.807, 2.05) is 55.1 Å². The number of hydrogen-bond donors (Lipinski definition) is 0. The molecule has 148 valence electrons. The molecular formula is C23H25N5S. The highest BCUT2D eigenvalue weighted by Gasteiger charge is 2.13. The monoisotopic (exact) mass is 403 g/mol. The number of aromatic nitrogens is 5. The summed E-state index contributed by atoms with van der Waals surface area (Å²) < 4.78 is 1.81. The van der Waals surface area contributed by atoms with Gasteiger partial charge in [-0.15, -0.1) is 11.3 Å². The van der Waals surface area contributed by atoms with Gasteiger partial charge in [-0.05, 0) is 41.5 Å². The predicted octanol–water partition coefficient (Wildman–Crippen LogP) is 5.47. The number of pyridine rings is 2. The van der Waals surface area contributed by atoms with E-state index in [-0.39, 0.29) is 0 Å². The van der Waals surface area contributed by atoms with Gasteiger partial charge in [0.2, 0.25) is 0 Å². The maximum absolute atomic E-state index is 4.65. The van der Waals surface area contributed by atoms with Crippen LogP contribution < -0.4 is 0 Å². The van der Waals surface area contributed by atoms with Crippen LogP contribution in [0.15, 0.2) is 55.5 Å². The Morgan fingerprint density at radius 3 is 2.31 bits per heavy atom. The summed E-state index contributed by atoms with van der Waals surface area (Å²) in [5.74, 6) is 0.814. The van der Waals surface area contributed by atoms with E-state index >= 15 is 0 Å². The van der Waals surface area contributed by atoms with Gasteiger partial charge in [-0.2, -0.15) is 5.10 Å². The molecule has 5 nitrogen and oxygen atoms in total. The van der Waals surface area contributed by atoms with Crippen molar-refractivity contribution in [1.82, 2.24) is 24.7 Å². The Morgan fingerprint density at radius 1 is 0.862 bits per heavy atom. The van der Waals surface area contributed by atoms with Crippen LogP contribution in [-0.4, -0.2) is 24.7 Å². The molecule has 6 heteroatoms. The summed E-state index contributed by atoms with van der Waals surface area (Å²) in [4.78, 5) is 14.8. The van der Waals surface area contributed by atoms with Crippen molar-refractivity contribution in [2.24, 2.45) is 7.05 Å². The van der Waals surface area contributed by atoms with Crippen LogP contribution in [0.1, 0.15) is 48.6 Å². The van der Waals surface area contributed by atoms with Crippen LogP contribution >= 0.6 is 11.3 Å². The number of aryl methyl sites for hydroxylation is 1. The summed E-state index contributed by atoms with van der Waals surface area (Å²) in [6.07, 6.45) is 14.5. The molecule has 0 unspecified atom stereocenters. The second-order valence-corrected chi connectivity index (χ2v) is 8.92. The minimum atomic E-state index is 0.354. The van der Waals surface area contributed by atoms with E-state index in [2.05, 4.69) is 53.0 Å². The summed E-state index contributed by atoms with van der Waals surface area (Å²) in [7, 11) is 1.93. The lowest BCUT2D eigenvalue weighted by atomic mass is 9.97. The van der Waals surface area contributed by atoms with Crippen molar-refractivity contribution in [3.05, 3.63) is 71.5 Å². The van der Waals surface area contributed by atoms with Crippen LogP contribution in [0.4, 0.5) is 0 Å². The van der Waals surface area contributed by atoms with Gasteiger partial charge in [0.05, 0.1) is 6.20 Å². The fraction of sp³-hybridized carbons (Fsp3) is 0.304. The van der Waals surface area contributed by atoms with E-state index in [4.69, 9.17) is 0 Å². The molecule has 29 heavy (non-hydrogen) atoms. The maximum Gasteiger partial charge on any atom is 0.125 e. The van der Waals surface area contributed by atoms with Crippen LogP contribution in [0.3, 0.4) is 0 Å². The van der Waals surface area contributed by atoms with Crippen molar-refractivity contribution in [3.8, 4) is 21.7 Å². The molecule has 0 spiro atoms. The normalized spacial score (nSPS) is 12.4. The van der Waals surface area contributed by atoms with E-state index in [1.165, 1.54) is 16.0 Å². The summed E-state index contributed by atoms with van der Waals surface area (Å²) in [5, 5.41) is 5.29. The molecular weight excluding hydrogens is 378 g/mol. The second-order valence-electron chi connectivity index (χ2n) is 7.81. The molecule has 0 saturated carbocycles. The number of rotatable bonds is 6. The zero-order chi connectivity index (χ0) is 20.4. The van der Waals surface area contributed by atoms with E-state index in [9.17, 15) is 0 Å². The van der Waals surface area contributed by atoms with Gasteiger partial charge in [0.25, 0.3) is 0 Å². The third-order valence-corrected chi connectivity index (χ3v) is 6.17. The SMILES string of the molecule is CC(C)c1cncc(-c2ncc(C[C@@H](C)c3cncc(-c4cnn(C)c4)c3)s2)c1. The minimum absolute atomic E-state index is 0.354. The Bertz CT molecular complexity index is 1110. The molecule has 1 atom stereocenters. The quantitative estimate of drug-likeness (QED) is 0.428. The summed E-state index contributed by atoms with van der Waals surface area (Å²) in [6, 6.07) is 4.41. The highest BCUT2D eigenvalue weighted by molar-refractivity contribution is 7.15. The van der Waals surface area contributed by atoms with Gasteiger partial charge in [-0.25, -0.2) is 4.98 Å². The van der Waals surface area contributed by atoms with Crippen molar-refractivity contribution in [2.45, 2.75) is 39.0 Å². The molecule has 4 heterocycles. The molecule has 0 fully saturated rings. The number of hydrogen-bond acceptors (Lipinski definition) is 5. The summed E-state index contributed by atoms with van der Waals surface area (Å²) in [5.41, 5.74) is 5.76. The molecule has 0 aromatic carbocycles. The van der Waals surface area contributed by atoms with Gasteiger partial charge in [0, 0.05) is 65.8 Å². The fourth-order valence-electron chi connectivity index (χ4n) is 3.30. The molecule has 0 aliphatic carbocycles. The Labute approximate surface area is 175 Å². The largest absolute Gasteiger partial charge is 0.275 e. The van der Waals surface area contributed by atoms with Crippen LogP contribution in [-0.2, 0) is 13.5 Å². The van der Waals surface area contributed by atoms with E-state index in [0.717, 1.165) is 28.1 Å². The lowest BCUT2D eigenvalue weighted by Gasteiger charge is -2.11. The van der Waals surface area contributed by atoms with Gasteiger partial charge in [-0.1, -0.05) is 20.8 Å². The van der Waals surface area contributed by atoms with E-state index in [1.54, 1.807) is 11.3 Å². The first kappa shape index (κ1) is 19.5. The first-order valence-electron chi connectivity index (χ1n) is 9.83. The Hall–Kier alpha value is -2.86. The highest BCUT2D eigenvalue weighted by Crippen LogP contribution is 2.31. The Balaban J connectivity index is 1.51. The van der Waals surface area contributed by atoms with Gasteiger partial charge >= 0.3 is 0 Å². The highest BCUT2D eigenvalue weighted by atomic mass is 32.1. The summed E-state index contributed by atoms with van der Waals surface area (Å²) in [6.45, 7) is 6.61. The molecule has 0 amide bonds. The van der Waals surface area contributed by atoms with Gasteiger partial charge in [0.15, 0.2) is 0 Å². The first-order chi connectivity index (χ1) is 14.0. The molecule has 0 radical (unpaired) electrons. The predicted molar refractivity (Wildman–Crippen MR) is 118 cm³/mol. The molecule has 0 saturated heterocycles. The first-order valence-corrected chi connectivity index (χ1v) is 10.6. The topological polar surface area (TPSA) is 56.5 Å². The average Bonchev–Trinajstić information content (AvgIpc) is 3.37.